The molecular formula is C13H16Cl2N4O. The molecule has 0 saturated carbocycles. The quantitative estimate of drug-likeness (QED) is 0.921. The van der Waals surface area contributed by atoms with E-state index in [1.165, 1.54) is 12.5 Å². The van der Waals surface area contributed by atoms with Gasteiger partial charge in [0.25, 0.3) is 0 Å². The maximum absolute atomic E-state index is 10.3. The second-order valence-electron chi connectivity index (χ2n) is 4.99. The standard InChI is InChI=1S/C13H16Cl2N4O/c1-8(2)6-19-12(17-7-18-19)4-11(20)13-10(15)3-9(14)5-16-13/h3,5,7-8,11,20H,4,6H2,1-2H3. The molecule has 0 amide bonds. The molecular weight excluding hydrogens is 299 g/mol. The average Bonchev–Trinajstić information content (AvgIpc) is 2.75. The Labute approximate surface area is 127 Å². The number of halogens is 2. The Morgan fingerprint density at radius 1 is 1.30 bits per heavy atom. The van der Waals surface area contributed by atoms with Crippen molar-refractivity contribution in [3.05, 3.63) is 40.2 Å². The molecule has 0 bridgehead atoms. The van der Waals surface area contributed by atoms with Crippen molar-refractivity contribution in [2.45, 2.75) is 32.9 Å². The van der Waals surface area contributed by atoms with Crippen molar-refractivity contribution in [1.82, 2.24) is 19.7 Å². The predicted molar refractivity (Wildman–Crippen MR) is 77.8 cm³/mol. The van der Waals surface area contributed by atoms with Crippen LogP contribution in [0.3, 0.4) is 0 Å². The Morgan fingerprint density at radius 3 is 2.70 bits per heavy atom. The fourth-order valence-electron chi connectivity index (χ4n) is 1.88. The van der Waals surface area contributed by atoms with E-state index in [4.69, 9.17) is 23.2 Å². The highest BCUT2D eigenvalue weighted by atomic mass is 35.5. The molecule has 0 aromatic carbocycles. The van der Waals surface area contributed by atoms with Crippen molar-refractivity contribution >= 4 is 23.2 Å². The molecule has 0 saturated heterocycles. The zero-order valence-corrected chi connectivity index (χ0v) is 12.8. The van der Waals surface area contributed by atoms with Gasteiger partial charge in [0.05, 0.1) is 15.7 Å². The Morgan fingerprint density at radius 2 is 2.05 bits per heavy atom. The Hall–Kier alpha value is -1.17. The molecule has 20 heavy (non-hydrogen) atoms. The average molecular weight is 315 g/mol. The number of hydrogen-bond donors (Lipinski definition) is 1. The van der Waals surface area contributed by atoms with E-state index >= 15 is 0 Å². The monoisotopic (exact) mass is 314 g/mol. The van der Waals surface area contributed by atoms with Crippen LogP contribution >= 0.6 is 23.2 Å². The van der Waals surface area contributed by atoms with Crippen LogP contribution in [-0.4, -0.2) is 24.9 Å². The third-order valence-corrected chi connectivity index (χ3v) is 3.27. The number of aliphatic hydroxyl groups is 1. The lowest BCUT2D eigenvalue weighted by atomic mass is 10.1. The molecule has 0 fully saturated rings. The first-order valence-corrected chi connectivity index (χ1v) is 7.08. The van der Waals surface area contributed by atoms with Crippen molar-refractivity contribution < 1.29 is 5.11 Å². The van der Waals surface area contributed by atoms with Gasteiger partial charge in [0.1, 0.15) is 18.3 Å². The number of aromatic nitrogens is 4. The predicted octanol–water partition coefficient (Wildman–Crippen LogP) is 2.91. The van der Waals surface area contributed by atoms with Crippen molar-refractivity contribution in [2.24, 2.45) is 5.92 Å². The summed E-state index contributed by atoms with van der Waals surface area (Å²) in [5, 5.41) is 15.2. The first kappa shape index (κ1) is 15.2. The highest BCUT2D eigenvalue weighted by molar-refractivity contribution is 6.34. The van der Waals surface area contributed by atoms with E-state index in [2.05, 4.69) is 28.9 Å². The molecule has 0 radical (unpaired) electrons. The zero-order valence-electron chi connectivity index (χ0n) is 11.3. The van der Waals surface area contributed by atoms with Crippen LogP contribution in [-0.2, 0) is 13.0 Å². The third kappa shape index (κ3) is 3.69. The molecule has 0 aliphatic carbocycles. The molecule has 5 nitrogen and oxygen atoms in total. The minimum atomic E-state index is -0.838. The van der Waals surface area contributed by atoms with E-state index in [0.29, 0.717) is 33.9 Å². The van der Waals surface area contributed by atoms with Gasteiger partial charge in [-0.3, -0.25) is 4.98 Å². The lowest BCUT2D eigenvalue weighted by Gasteiger charge is -2.13. The molecule has 1 N–H and O–H groups in total. The molecule has 7 heteroatoms. The van der Waals surface area contributed by atoms with Crippen molar-refractivity contribution in [2.75, 3.05) is 0 Å². The molecule has 2 aromatic heterocycles. The number of pyridine rings is 1. The van der Waals surface area contributed by atoms with Gasteiger partial charge in [-0.05, 0) is 12.0 Å². The third-order valence-electron chi connectivity index (χ3n) is 2.76. The summed E-state index contributed by atoms with van der Waals surface area (Å²) in [6.07, 6.45) is 2.42. The number of hydrogen-bond acceptors (Lipinski definition) is 4. The van der Waals surface area contributed by atoms with E-state index in [1.54, 1.807) is 10.7 Å². The number of aliphatic hydroxyl groups excluding tert-OH is 1. The van der Waals surface area contributed by atoms with Crippen molar-refractivity contribution in [3.63, 3.8) is 0 Å². The van der Waals surface area contributed by atoms with Crippen LogP contribution in [0, 0.1) is 5.92 Å². The maximum Gasteiger partial charge on any atom is 0.138 e. The van der Waals surface area contributed by atoms with Gasteiger partial charge in [0.15, 0.2) is 0 Å². The van der Waals surface area contributed by atoms with Crippen LogP contribution in [0.5, 0.6) is 0 Å². The summed E-state index contributed by atoms with van der Waals surface area (Å²) in [7, 11) is 0. The van der Waals surface area contributed by atoms with Crippen LogP contribution in [0.4, 0.5) is 0 Å². The van der Waals surface area contributed by atoms with Gasteiger partial charge in [-0.25, -0.2) is 9.67 Å². The SMILES string of the molecule is CC(C)Cn1ncnc1CC(O)c1ncc(Cl)cc1Cl. The summed E-state index contributed by atoms with van der Waals surface area (Å²) in [5.74, 6) is 1.16. The lowest BCUT2D eigenvalue weighted by Crippen LogP contribution is -2.14. The van der Waals surface area contributed by atoms with Gasteiger partial charge in [-0.1, -0.05) is 37.0 Å². The van der Waals surface area contributed by atoms with E-state index in [-0.39, 0.29) is 0 Å². The van der Waals surface area contributed by atoms with Crippen molar-refractivity contribution in [3.8, 4) is 0 Å². The van der Waals surface area contributed by atoms with E-state index in [9.17, 15) is 5.11 Å². The second kappa shape index (κ2) is 6.52. The zero-order chi connectivity index (χ0) is 14.7. The summed E-state index contributed by atoms with van der Waals surface area (Å²) in [5.41, 5.74) is 0.398. The van der Waals surface area contributed by atoms with E-state index in [0.717, 1.165) is 6.54 Å². The largest absolute Gasteiger partial charge is 0.386 e. The Kier molecular flexibility index (Phi) is 4.96. The van der Waals surface area contributed by atoms with Crippen LogP contribution in [0.25, 0.3) is 0 Å². The van der Waals surface area contributed by atoms with Gasteiger partial charge in [-0.15, -0.1) is 0 Å². The van der Waals surface area contributed by atoms with Gasteiger partial charge < -0.3 is 5.11 Å². The van der Waals surface area contributed by atoms with Crippen molar-refractivity contribution in [1.29, 1.82) is 0 Å². The lowest BCUT2D eigenvalue weighted by molar-refractivity contribution is 0.169. The fourth-order valence-corrected chi connectivity index (χ4v) is 2.39. The summed E-state index contributed by atoms with van der Waals surface area (Å²) < 4.78 is 1.79. The Bertz CT molecular complexity index is 586. The molecule has 2 aromatic rings. The summed E-state index contributed by atoms with van der Waals surface area (Å²) in [4.78, 5) is 8.25. The first-order chi connectivity index (χ1) is 9.47. The molecule has 0 spiro atoms. The highest BCUT2D eigenvalue weighted by Crippen LogP contribution is 2.25. The number of nitrogens with zero attached hydrogens (tertiary/aromatic N) is 4. The smallest absolute Gasteiger partial charge is 0.138 e. The normalized spacial score (nSPS) is 12.9. The minimum absolute atomic E-state index is 0.307. The number of rotatable bonds is 5. The highest BCUT2D eigenvalue weighted by Gasteiger charge is 2.18. The summed E-state index contributed by atoms with van der Waals surface area (Å²) in [6, 6.07) is 1.56. The van der Waals surface area contributed by atoms with E-state index in [1.807, 2.05) is 0 Å². The summed E-state index contributed by atoms with van der Waals surface area (Å²) in [6.45, 7) is 4.95. The first-order valence-electron chi connectivity index (χ1n) is 6.33. The van der Waals surface area contributed by atoms with Gasteiger partial charge in [0, 0.05) is 19.2 Å². The van der Waals surface area contributed by atoms with Crippen LogP contribution in [0.2, 0.25) is 10.0 Å². The molecule has 0 aliphatic rings. The van der Waals surface area contributed by atoms with Crippen LogP contribution < -0.4 is 0 Å². The Balaban J connectivity index is 2.15. The van der Waals surface area contributed by atoms with Gasteiger partial charge in [-0.2, -0.15) is 5.10 Å². The van der Waals surface area contributed by atoms with Gasteiger partial charge >= 0.3 is 0 Å². The topological polar surface area (TPSA) is 63.8 Å². The van der Waals surface area contributed by atoms with Crippen LogP contribution in [0.15, 0.2) is 18.6 Å². The molecule has 108 valence electrons. The molecule has 2 heterocycles. The summed E-state index contributed by atoms with van der Waals surface area (Å²) >= 11 is 11.8. The molecule has 2 rings (SSSR count). The maximum atomic E-state index is 10.3. The van der Waals surface area contributed by atoms with Crippen LogP contribution in [0.1, 0.15) is 31.5 Å². The second-order valence-corrected chi connectivity index (χ2v) is 5.84. The van der Waals surface area contributed by atoms with E-state index < -0.39 is 6.10 Å². The molecule has 1 atom stereocenters. The fraction of sp³-hybridized carbons (Fsp3) is 0.462. The van der Waals surface area contributed by atoms with Gasteiger partial charge in [0.2, 0.25) is 0 Å². The minimum Gasteiger partial charge on any atom is -0.386 e. The molecule has 0 aliphatic heterocycles. The molecule has 1 unspecified atom stereocenters.